The highest BCUT2D eigenvalue weighted by Gasteiger charge is 2.22. The Bertz CT molecular complexity index is 1460. The Kier molecular flexibility index (Phi) is 5.75. The number of allylic oxidation sites excluding steroid dienone is 2. The number of ether oxygens (including phenoxy) is 1. The molecule has 0 fully saturated rings. The summed E-state index contributed by atoms with van der Waals surface area (Å²) in [5.41, 5.74) is 9.58. The molecule has 1 aliphatic heterocycles. The first-order valence-electron chi connectivity index (χ1n) is 11.9. The van der Waals surface area contributed by atoms with Crippen molar-refractivity contribution in [3.8, 4) is 5.75 Å². The lowest BCUT2D eigenvalue weighted by Crippen LogP contribution is -2.30. The van der Waals surface area contributed by atoms with E-state index in [1.807, 2.05) is 65.7 Å². The third kappa shape index (κ3) is 4.48. The van der Waals surface area contributed by atoms with E-state index in [2.05, 4.69) is 57.0 Å². The van der Waals surface area contributed by atoms with Crippen LogP contribution >= 0.6 is 0 Å². The molecule has 8 nitrogen and oxygen atoms in total. The Labute approximate surface area is 209 Å². The van der Waals surface area contributed by atoms with Crippen molar-refractivity contribution in [3.05, 3.63) is 95.6 Å². The summed E-state index contributed by atoms with van der Waals surface area (Å²) in [6.45, 7) is 3.22. The van der Waals surface area contributed by atoms with Crippen molar-refractivity contribution in [2.24, 2.45) is 5.10 Å². The fourth-order valence-electron chi connectivity index (χ4n) is 4.33. The van der Waals surface area contributed by atoms with Gasteiger partial charge in [0, 0.05) is 5.69 Å². The normalized spacial score (nSPS) is 14.1. The minimum Gasteiger partial charge on any atom is -0.490 e. The molecule has 2 N–H and O–H groups in total. The van der Waals surface area contributed by atoms with E-state index in [4.69, 9.17) is 9.72 Å². The van der Waals surface area contributed by atoms with Crippen LogP contribution in [0.15, 0.2) is 84.0 Å². The van der Waals surface area contributed by atoms with E-state index in [0.717, 1.165) is 29.1 Å². The minimum atomic E-state index is 0.349. The Morgan fingerprint density at radius 3 is 2.64 bits per heavy atom. The summed E-state index contributed by atoms with van der Waals surface area (Å²) in [5.74, 6) is 2.09. The van der Waals surface area contributed by atoms with E-state index in [-0.39, 0.29) is 0 Å². The summed E-state index contributed by atoms with van der Waals surface area (Å²) < 4.78 is 5.82. The predicted molar refractivity (Wildman–Crippen MR) is 143 cm³/mol. The minimum absolute atomic E-state index is 0.349. The number of nitrogens with zero attached hydrogens (tertiary/aromatic N) is 5. The van der Waals surface area contributed by atoms with E-state index in [1.165, 1.54) is 16.7 Å². The molecule has 178 valence electrons. The molecular weight excluding hydrogens is 450 g/mol. The number of rotatable bonds is 6. The molecule has 2 aliphatic rings. The maximum Gasteiger partial charge on any atom is 0.250 e. The summed E-state index contributed by atoms with van der Waals surface area (Å²) in [4.78, 5) is 16.0. The van der Waals surface area contributed by atoms with Gasteiger partial charge in [-0.15, -0.1) is 0 Å². The number of aromatic nitrogens is 3. The maximum absolute atomic E-state index is 5.82. The molecule has 6 rings (SSSR count). The van der Waals surface area contributed by atoms with Crippen LogP contribution in [0, 0.1) is 6.92 Å². The number of nitrogens with one attached hydrogen (secondary N) is 2. The number of aryl methyl sites for hydroxylation is 1. The topological polar surface area (TPSA) is 87.6 Å². The lowest BCUT2D eigenvalue weighted by molar-refractivity contribution is 0.313. The summed E-state index contributed by atoms with van der Waals surface area (Å²) in [7, 11) is 0. The molecule has 0 saturated carbocycles. The highest BCUT2D eigenvalue weighted by molar-refractivity contribution is 6.11. The molecule has 4 aromatic rings. The highest BCUT2D eigenvalue weighted by Crippen LogP contribution is 2.35. The van der Waals surface area contributed by atoms with Crippen molar-refractivity contribution in [3.63, 3.8) is 0 Å². The van der Waals surface area contributed by atoms with Gasteiger partial charge in [-0.2, -0.15) is 20.1 Å². The van der Waals surface area contributed by atoms with Gasteiger partial charge in [-0.05, 0) is 54.3 Å². The number of para-hydroxylation sites is 2. The number of benzene rings is 3. The molecule has 1 aromatic heterocycles. The van der Waals surface area contributed by atoms with Crippen molar-refractivity contribution in [2.45, 2.75) is 13.3 Å². The average Bonchev–Trinajstić information content (AvgIpc) is 3.33. The van der Waals surface area contributed by atoms with Crippen LogP contribution in [0.4, 0.5) is 29.2 Å². The molecule has 0 atom stereocenters. The number of hydrazone groups is 1. The van der Waals surface area contributed by atoms with E-state index < -0.39 is 0 Å². The Morgan fingerprint density at radius 1 is 0.917 bits per heavy atom. The van der Waals surface area contributed by atoms with E-state index >= 15 is 0 Å². The van der Waals surface area contributed by atoms with Crippen molar-refractivity contribution >= 4 is 41.0 Å². The largest absolute Gasteiger partial charge is 0.490 e. The van der Waals surface area contributed by atoms with Crippen molar-refractivity contribution in [1.29, 1.82) is 0 Å². The van der Waals surface area contributed by atoms with Gasteiger partial charge >= 0.3 is 0 Å². The van der Waals surface area contributed by atoms with Crippen LogP contribution in [0.25, 0.3) is 5.57 Å². The highest BCUT2D eigenvalue weighted by atomic mass is 16.5. The molecule has 0 amide bonds. The van der Waals surface area contributed by atoms with E-state index in [0.29, 0.717) is 31.0 Å². The Balaban J connectivity index is 1.31. The molecule has 1 aliphatic carbocycles. The predicted octanol–water partition coefficient (Wildman–Crippen LogP) is 5.49. The maximum atomic E-state index is 5.82. The number of hydrogen-bond acceptors (Lipinski definition) is 8. The summed E-state index contributed by atoms with van der Waals surface area (Å²) >= 11 is 0. The first kappa shape index (κ1) is 21.8. The SMILES string of the molecule is Cc1ccc(Nc2nc(N/N=C/C3=CCc4ccccc43)nc(N3CCOc4ccccc43)n2)cc1. The zero-order valence-corrected chi connectivity index (χ0v) is 19.8. The molecular formula is C28H25N7O. The summed E-state index contributed by atoms with van der Waals surface area (Å²) in [6.07, 6.45) is 4.89. The second-order valence-corrected chi connectivity index (χ2v) is 8.63. The first-order valence-corrected chi connectivity index (χ1v) is 11.9. The van der Waals surface area contributed by atoms with Crippen molar-refractivity contribution < 1.29 is 4.74 Å². The van der Waals surface area contributed by atoms with Gasteiger partial charge in [0.05, 0.1) is 18.4 Å². The number of hydrogen-bond donors (Lipinski definition) is 2. The van der Waals surface area contributed by atoms with Gasteiger partial charge in [0.2, 0.25) is 17.8 Å². The van der Waals surface area contributed by atoms with Crippen LogP contribution in [0.1, 0.15) is 16.7 Å². The van der Waals surface area contributed by atoms with Gasteiger partial charge in [0.1, 0.15) is 12.4 Å². The van der Waals surface area contributed by atoms with E-state index in [1.54, 1.807) is 0 Å². The molecule has 0 bridgehead atoms. The van der Waals surface area contributed by atoms with E-state index in [9.17, 15) is 0 Å². The molecule has 0 saturated heterocycles. The zero-order valence-electron chi connectivity index (χ0n) is 19.8. The lowest BCUT2D eigenvalue weighted by Gasteiger charge is -2.29. The molecule has 0 unspecified atom stereocenters. The van der Waals surface area contributed by atoms with Gasteiger partial charge in [-0.1, -0.05) is 60.2 Å². The van der Waals surface area contributed by atoms with Crippen LogP contribution in [0.3, 0.4) is 0 Å². The van der Waals surface area contributed by atoms with Crippen LogP contribution < -0.4 is 20.4 Å². The monoisotopic (exact) mass is 475 g/mol. The zero-order chi connectivity index (χ0) is 24.3. The lowest BCUT2D eigenvalue weighted by atomic mass is 10.1. The molecule has 36 heavy (non-hydrogen) atoms. The third-order valence-electron chi connectivity index (χ3n) is 6.14. The Morgan fingerprint density at radius 2 is 1.72 bits per heavy atom. The number of fused-ring (bicyclic) bond motifs is 2. The molecule has 0 radical (unpaired) electrons. The number of anilines is 5. The average molecular weight is 476 g/mol. The van der Waals surface area contributed by atoms with Gasteiger partial charge < -0.3 is 15.0 Å². The van der Waals surface area contributed by atoms with Gasteiger partial charge in [-0.25, -0.2) is 5.43 Å². The van der Waals surface area contributed by atoms with Crippen molar-refractivity contribution in [1.82, 2.24) is 15.0 Å². The van der Waals surface area contributed by atoms with Gasteiger partial charge in [-0.3, -0.25) is 0 Å². The van der Waals surface area contributed by atoms with Crippen LogP contribution in [-0.2, 0) is 6.42 Å². The molecule has 2 heterocycles. The fourth-order valence-corrected chi connectivity index (χ4v) is 4.33. The van der Waals surface area contributed by atoms with Crippen LogP contribution in [-0.4, -0.2) is 34.3 Å². The molecule has 0 spiro atoms. The quantitative estimate of drug-likeness (QED) is 0.282. The Hall–Kier alpha value is -4.72. The van der Waals surface area contributed by atoms with Gasteiger partial charge in [0.15, 0.2) is 0 Å². The molecule has 8 heteroatoms. The summed E-state index contributed by atoms with van der Waals surface area (Å²) in [5, 5.41) is 7.74. The summed E-state index contributed by atoms with van der Waals surface area (Å²) in [6, 6.07) is 24.3. The van der Waals surface area contributed by atoms with Crippen LogP contribution in [0.5, 0.6) is 5.75 Å². The second kappa shape index (κ2) is 9.50. The molecule has 3 aromatic carbocycles. The second-order valence-electron chi connectivity index (χ2n) is 8.63. The first-order chi connectivity index (χ1) is 17.7. The smallest absolute Gasteiger partial charge is 0.250 e. The van der Waals surface area contributed by atoms with Crippen LogP contribution in [0.2, 0.25) is 0 Å². The standard InChI is InChI=1S/C28H25N7O/c1-19-10-14-22(15-11-19)30-26-31-27(34-29-18-21-13-12-20-6-2-3-7-23(20)21)33-28(32-26)35-16-17-36-25-9-5-4-8-24(25)35/h2-11,13-15,18H,12,16-17H2,1H3,(H2,30,31,32,33,34)/b29-18+. The third-order valence-corrected chi connectivity index (χ3v) is 6.14. The van der Waals surface area contributed by atoms with Crippen molar-refractivity contribution in [2.75, 3.05) is 28.8 Å². The fraction of sp³-hybridized carbons (Fsp3) is 0.143. The van der Waals surface area contributed by atoms with Gasteiger partial charge in [0.25, 0.3) is 0 Å².